The van der Waals surface area contributed by atoms with Crippen LogP contribution < -0.4 is 16.0 Å². The molecule has 1 aliphatic rings. The van der Waals surface area contributed by atoms with Gasteiger partial charge in [0, 0.05) is 24.9 Å². The Bertz CT molecular complexity index is 403. The van der Waals surface area contributed by atoms with Crippen molar-refractivity contribution in [2.75, 3.05) is 41.3 Å². The van der Waals surface area contributed by atoms with Gasteiger partial charge >= 0.3 is 0 Å². The van der Waals surface area contributed by atoms with Crippen molar-refractivity contribution in [2.45, 2.75) is 31.9 Å². The van der Waals surface area contributed by atoms with E-state index in [4.69, 9.17) is 5.73 Å². The van der Waals surface area contributed by atoms with Gasteiger partial charge in [-0.1, -0.05) is 0 Å². The Morgan fingerprint density at radius 2 is 2.11 bits per heavy atom. The Labute approximate surface area is 118 Å². The smallest absolute Gasteiger partial charge is 0.231 e. The molecule has 0 bridgehead atoms. The van der Waals surface area contributed by atoms with Gasteiger partial charge in [0.15, 0.2) is 0 Å². The summed E-state index contributed by atoms with van der Waals surface area (Å²) < 4.78 is 0. The zero-order valence-corrected chi connectivity index (χ0v) is 12.4. The summed E-state index contributed by atoms with van der Waals surface area (Å²) in [4.78, 5) is 14.8. The Morgan fingerprint density at radius 1 is 1.32 bits per heavy atom. The van der Waals surface area contributed by atoms with Crippen LogP contribution in [0.2, 0.25) is 0 Å². The van der Waals surface area contributed by atoms with Crippen LogP contribution in [0.25, 0.3) is 0 Å². The van der Waals surface area contributed by atoms with E-state index in [1.54, 1.807) is 0 Å². The molecule has 1 atom stereocenters. The highest BCUT2D eigenvalue weighted by Gasteiger charge is 2.16. The Hall–Kier alpha value is -1.24. The van der Waals surface area contributed by atoms with E-state index >= 15 is 0 Å². The third-order valence-electron chi connectivity index (χ3n) is 3.20. The Balaban J connectivity index is 2.03. The molecule has 0 spiro atoms. The Kier molecular flexibility index (Phi) is 5.07. The summed E-state index contributed by atoms with van der Waals surface area (Å²) in [7, 11) is 0. The van der Waals surface area contributed by atoms with E-state index in [0.717, 1.165) is 19.6 Å². The minimum absolute atomic E-state index is 0.276. The van der Waals surface area contributed by atoms with Gasteiger partial charge in [-0.25, -0.2) is 0 Å². The maximum absolute atomic E-state index is 5.76. The van der Waals surface area contributed by atoms with Crippen LogP contribution in [0, 0.1) is 0 Å². The van der Waals surface area contributed by atoms with E-state index < -0.39 is 0 Å². The van der Waals surface area contributed by atoms with Gasteiger partial charge in [-0.2, -0.15) is 26.7 Å². The van der Waals surface area contributed by atoms with Crippen LogP contribution in [0.3, 0.4) is 0 Å². The summed E-state index contributed by atoms with van der Waals surface area (Å²) >= 11 is 2.01. The summed E-state index contributed by atoms with van der Waals surface area (Å²) in [6, 6.07) is 0. The van der Waals surface area contributed by atoms with Crippen LogP contribution in [-0.4, -0.2) is 45.6 Å². The molecule has 0 aromatic carbocycles. The molecule has 6 nitrogen and oxygen atoms in total. The summed E-state index contributed by atoms with van der Waals surface area (Å²) in [5.74, 6) is 2.77. The zero-order chi connectivity index (χ0) is 13.7. The molecular formula is C12H22N6S. The number of anilines is 3. The number of hydrogen-bond donors (Lipinski definition) is 2. The lowest BCUT2D eigenvalue weighted by Crippen LogP contribution is -2.26. The van der Waals surface area contributed by atoms with Gasteiger partial charge < -0.3 is 16.0 Å². The number of rotatable bonds is 6. The van der Waals surface area contributed by atoms with Gasteiger partial charge in [-0.15, -0.1) is 0 Å². The molecule has 19 heavy (non-hydrogen) atoms. The first-order valence-electron chi connectivity index (χ1n) is 6.85. The quantitative estimate of drug-likeness (QED) is 0.820. The summed E-state index contributed by atoms with van der Waals surface area (Å²) in [5, 5.41) is 3.94. The standard InChI is InChI=1S/C12H22N6S/c1-3-18(4-2)12-16-10(13)15-11(17-12)14-8-9-6-5-7-19-9/h9H,3-8H2,1-2H3,(H3,13,14,15,16,17). The summed E-state index contributed by atoms with van der Waals surface area (Å²) in [6.45, 7) is 6.76. The first kappa shape index (κ1) is 14.2. The Morgan fingerprint density at radius 3 is 2.74 bits per heavy atom. The average Bonchev–Trinajstić information content (AvgIpc) is 2.90. The highest BCUT2D eigenvalue weighted by atomic mass is 32.2. The van der Waals surface area contributed by atoms with Crippen molar-refractivity contribution in [3.63, 3.8) is 0 Å². The fraction of sp³-hybridized carbons (Fsp3) is 0.750. The predicted molar refractivity (Wildman–Crippen MR) is 81.8 cm³/mol. The monoisotopic (exact) mass is 282 g/mol. The fourth-order valence-corrected chi connectivity index (χ4v) is 3.32. The highest BCUT2D eigenvalue weighted by molar-refractivity contribution is 8.00. The van der Waals surface area contributed by atoms with Crippen molar-refractivity contribution in [3.05, 3.63) is 0 Å². The van der Waals surface area contributed by atoms with E-state index in [0.29, 0.717) is 17.1 Å². The van der Waals surface area contributed by atoms with Gasteiger partial charge in [0.25, 0.3) is 0 Å². The topological polar surface area (TPSA) is 80.0 Å². The molecule has 1 saturated heterocycles. The minimum atomic E-state index is 0.276. The molecular weight excluding hydrogens is 260 g/mol. The second kappa shape index (κ2) is 6.79. The molecule has 1 aliphatic heterocycles. The minimum Gasteiger partial charge on any atom is -0.368 e. The second-order valence-corrected chi connectivity index (χ2v) is 5.91. The molecule has 7 heteroatoms. The van der Waals surface area contributed by atoms with E-state index in [2.05, 4.69) is 39.0 Å². The lowest BCUT2D eigenvalue weighted by molar-refractivity contribution is 0.791. The SMILES string of the molecule is CCN(CC)c1nc(N)nc(NCC2CCCS2)n1. The predicted octanol–water partition coefficient (Wildman–Crippen LogP) is 1.61. The van der Waals surface area contributed by atoms with Crippen LogP contribution in [-0.2, 0) is 0 Å². The number of hydrogen-bond acceptors (Lipinski definition) is 7. The van der Waals surface area contributed by atoms with E-state index in [9.17, 15) is 0 Å². The van der Waals surface area contributed by atoms with Gasteiger partial charge in [0.1, 0.15) is 0 Å². The van der Waals surface area contributed by atoms with E-state index in [-0.39, 0.29) is 5.95 Å². The van der Waals surface area contributed by atoms with Crippen molar-refractivity contribution in [1.29, 1.82) is 0 Å². The van der Waals surface area contributed by atoms with Crippen LogP contribution in [0.4, 0.5) is 17.8 Å². The van der Waals surface area contributed by atoms with Gasteiger partial charge in [-0.05, 0) is 32.4 Å². The van der Waals surface area contributed by atoms with E-state index in [1.165, 1.54) is 18.6 Å². The molecule has 0 radical (unpaired) electrons. The highest BCUT2D eigenvalue weighted by Crippen LogP contribution is 2.26. The molecule has 0 aliphatic carbocycles. The van der Waals surface area contributed by atoms with Crippen LogP contribution in [0.15, 0.2) is 0 Å². The molecule has 1 fully saturated rings. The number of nitrogen functional groups attached to an aromatic ring is 1. The molecule has 1 unspecified atom stereocenters. The number of nitrogens with two attached hydrogens (primary N) is 1. The molecule has 106 valence electrons. The maximum atomic E-state index is 5.76. The molecule has 1 aromatic heterocycles. The van der Waals surface area contributed by atoms with Crippen molar-refractivity contribution < 1.29 is 0 Å². The average molecular weight is 282 g/mol. The lowest BCUT2D eigenvalue weighted by atomic mass is 10.2. The molecule has 0 amide bonds. The third-order valence-corrected chi connectivity index (χ3v) is 4.60. The van der Waals surface area contributed by atoms with E-state index in [1.807, 2.05) is 11.8 Å². The van der Waals surface area contributed by atoms with Crippen molar-refractivity contribution >= 4 is 29.6 Å². The van der Waals surface area contributed by atoms with Gasteiger partial charge in [0.05, 0.1) is 0 Å². The largest absolute Gasteiger partial charge is 0.368 e. The molecule has 1 aromatic rings. The van der Waals surface area contributed by atoms with Crippen LogP contribution in [0.5, 0.6) is 0 Å². The fourth-order valence-electron chi connectivity index (χ4n) is 2.12. The van der Waals surface area contributed by atoms with Crippen molar-refractivity contribution in [2.24, 2.45) is 0 Å². The van der Waals surface area contributed by atoms with Gasteiger partial charge in [0.2, 0.25) is 17.8 Å². The second-order valence-electron chi connectivity index (χ2n) is 4.51. The van der Waals surface area contributed by atoms with Crippen molar-refractivity contribution in [3.8, 4) is 0 Å². The maximum Gasteiger partial charge on any atom is 0.231 e. The summed E-state index contributed by atoms with van der Waals surface area (Å²) in [6.07, 6.45) is 2.57. The lowest BCUT2D eigenvalue weighted by Gasteiger charge is -2.19. The van der Waals surface area contributed by atoms with Crippen molar-refractivity contribution in [1.82, 2.24) is 15.0 Å². The molecule has 0 saturated carbocycles. The number of aromatic nitrogens is 3. The molecule has 2 rings (SSSR count). The van der Waals surface area contributed by atoms with Gasteiger partial charge in [-0.3, -0.25) is 0 Å². The summed E-state index contributed by atoms with van der Waals surface area (Å²) in [5.41, 5.74) is 5.76. The molecule has 2 heterocycles. The zero-order valence-electron chi connectivity index (χ0n) is 11.6. The first-order valence-corrected chi connectivity index (χ1v) is 7.89. The number of nitrogens with zero attached hydrogens (tertiary/aromatic N) is 4. The van der Waals surface area contributed by atoms with Crippen LogP contribution in [0.1, 0.15) is 26.7 Å². The normalized spacial score (nSPS) is 18.5. The number of thioether (sulfide) groups is 1. The molecule has 3 N–H and O–H groups in total. The number of nitrogens with one attached hydrogen (secondary N) is 1. The first-order chi connectivity index (χ1) is 9.22. The van der Waals surface area contributed by atoms with Crippen LogP contribution >= 0.6 is 11.8 Å². The third kappa shape index (κ3) is 3.86.